The number of nitrogens with zero attached hydrogens (tertiary/aromatic N) is 2. The Morgan fingerprint density at radius 1 is 1.35 bits per heavy atom. The van der Waals surface area contributed by atoms with Gasteiger partial charge in [0, 0.05) is 38.9 Å². The van der Waals surface area contributed by atoms with E-state index in [1.807, 2.05) is 24.7 Å². The molecule has 1 saturated carbocycles. The molecule has 0 radical (unpaired) electrons. The van der Waals surface area contributed by atoms with E-state index in [0.29, 0.717) is 19.4 Å². The van der Waals surface area contributed by atoms with Gasteiger partial charge in [-0.15, -0.1) is 0 Å². The number of ketones is 1. The monoisotopic (exact) mass is 278 g/mol. The van der Waals surface area contributed by atoms with Crippen molar-refractivity contribution in [3.8, 4) is 0 Å². The van der Waals surface area contributed by atoms with Crippen LogP contribution in [0.15, 0.2) is 12.4 Å². The highest BCUT2D eigenvalue weighted by Gasteiger charge is 2.38. The molecule has 0 bridgehead atoms. The average molecular weight is 278 g/mol. The second kappa shape index (κ2) is 7.02. The molecule has 1 aromatic heterocycles. The lowest BCUT2D eigenvalue weighted by atomic mass is 9.87. The fourth-order valence-corrected chi connectivity index (χ4v) is 3.17. The predicted octanol–water partition coefficient (Wildman–Crippen LogP) is 3.05. The van der Waals surface area contributed by atoms with Gasteiger partial charge in [0.25, 0.3) is 0 Å². The van der Waals surface area contributed by atoms with Crippen LogP contribution in [0.1, 0.15) is 57.7 Å². The van der Waals surface area contributed by atoms with Crippen LogP contribution in [-0.2, 0) is 23.0 Å². The van der Waals surface area contributed by atoms with Crippen molar-refractivity contribution in [2.24, 2.45) is 7.05 Å². The first-order valence-corrected chi connectivity index (χ1v) is 7.81. The van der Waals surface area contributed by atoms with Crippen LogP contribution in [0.3, 0.4) is 0 Å². The van der Waals surface area contributed by atoms with Gasteiger partial charge in [-0.1, -0.05) is 25.7 Å². The lowest BCUT2D eigenvalue weighted by Gasteiger charge is -2.31. The first kappa shape index (κ1) is 15.2. The lowest BCUT2D eigenvalue weighted by Crippen LogP contribution is -2.41. The van der Waals surface area contributed by atoms with Crippen molar-refractivity contribution in [1.29, 1.82) is 0 Å². The smallest absolute Gasteiger partial charge is 0.165 e. The Morgan fingerprint density at radius 2 is 2.05 bits per heavy atom. The average Bonchev–Trinajstić information content (AvgIpc) is 2.70. The fraction of sp³-hybridized carbons (Fsp3) is 0.750. The van der Waals surface area contributed by atoms with Crippen molar-refractivity contribution in [3.05, 3.63) is 18.2 Å². The van der Waals surface area contributed by atoms with Crippen LogP contribution >= 0.6 is 0 Å². The SMILES string of the molecule is CCOC1(C(=O)CCc2nccn2C)CCCCCC1. The van der Waals surface area contributed by atoms with E-state index in [2.05, 4.69) is 4.98 Å². The van der Waals surface area contributed by atoms with Gasteiger partial charge in [-0.3, -0.25) is 4.79 Å². The number of Topliss-reactive ketones (excluding diaryl/α,β-unsaturated/α-hetero) is 1. The zero-order valence-electron chi connectivity index (χ0n) is 12.7. The molecule has 4 heteroatoms. The summed E-state index contributed by atoms with van der Waals surface area (Å²) in [4.78, 5) is 17.0. The summed E-state index contributed by atoms with van der Waals surface area (Å²) in [5.41, 5.74) is -0.517. The minimum atomic E-state index is -0.517. The summed E-state index contributed by atoms with van der Waals surface area (Å²) in [6, 6.07) is 0. The van der Waals surface area contributed by atoms with Crippen LogP contribution in [0, 0.1) is 0 Å². The second-order valence-corrected chi connectivity index (χ2v) is 5.72. The van der Waals surface area contributed by atoms with E-state index in [0.717, 1.165) is 31.5 Å². The molecule has 0 spiro atoms. The highest BCUT2D eigenvalue weighted by atomic mass is 16.5. The standard InChI is InChI=1S/C16H26N2O2/c1-3-20-16(10-6-4-5-7-11-16)14(19)8-9-15-17-12-13-18(15)2/h12-13H,3-11H2,1-2H3. The van der Waals surface area contributed by atoms with E-state index in [9.17, 15) is 4.79 Å². The maximum Gasteiger partial charge on any atom is 0.165 e. The number of carbonyl (C=O) groups excluding carboxylic acids is 1. The Labute approximate surface area is 121 Å². The Morgan fingerprint density at radius 3 is 2.60 bits per heavy atom. The largest absolute Gasteiger partial charge is 0.368 e. The Kier molecular flexibility index (Phi) is 5.35. The number of rotatable bonds is 6. The molecular weight excluding hydrogens is 252 g/mol. The first-order chi connectivity index (χ1) is 9.68. The molecular formula is C16H26N2O2. The number of carbonyl (C=O) groups is 1. The van der Waals surface area contributed by atoms with Gasteiger partial charge in [0.2, 0.25) is 0 Å². The van der Waals surface area contributed by atoms with E-state index in [-0.39, 0.29) is 5.78 Å². The number of hydrogen-bond donors (Lipinski definition) is 0. The number of aromatic nitrogens is 2. The van der Waals surface area contributed by atoms with Crippen molar-refractivity contribution in [3.63, 3.8) is 0 Å². The third-order valence-electron chi connectivity index (χ3n) is 4.34. The minimum Gasteiger partial charge on any atom is -0.368 e. The maximum absolute atomic E-state index is 12.7. The molecule has 1 aromatic rings. The third kappa shape index (κ3) is 3.48. The van der Waals surface area contributed by atoms with Crippen LogP contribution in [0.2, 0.25) is 0 Å². The Hall–Kier alpha value is -1.16. The van der Waals surface area contributed by atoms with Crippen LogP contribution < -0.4 is 0 Å². The lowest BCUT2D eigenvalue weighted by molar-refractivity contribution is -0.146. The molecule has 0 unspecified atom stereocenters. The van der Waals surface area contributed by atoms with Gasteiger partial charge >= 0.3 is 0 Å². The summed E-state index contributed by atoms with van der Waals surface area (Å²) in [7, 11) is 1.97. The van der Waals surface area contributed by atoms with Crippen LogP contribution in [-0.4, -0.2) is 27.5 Å². The molecule has 0 saturated heterocycles. The molecule has 1 fully saturated rings. The van der Waals surface area contributed by atoms with Gasteiger partial charge in [0.15, 0.2) is 5.78 Å². The number of imidazole rings is 1. The van der Waals surface area contributed by atoms with Crippen molar-refractivity contribution in [2.45, 2.75) is 63.9 Å². The van der Waals surface area contributed by atoms with Crippen molar-refractivity contribution < 1.29 is 9.53 Å². The molecule has 0 amide bonds. The van der Waals surface area contributed by atoms with E-state index in [4.69, 9.17) is 4.74 Å². The third-order valence-corrected chi connectivity index (χ3v) is 4.34. The molecule has 1 aliphatic rings. The minimum absolute atomic E-state index is 0.268. The van der Waals surface area contributed by atoms with Gasteiger partial charge < -0.3 is 9.30 Å². The molecule has 20 heavy (non-hydrogen) atoms. The van der Waals surface area contributed by atoms with E-state index in [1.165, 1.54) is 12.8 Å². The van der Waals surface area contributed by atoms with Gasteiger partial charge in [0.1, 0.15) is 11.4 Å². The van der Waals surface area contributed by atoms with E-state index in [1.54, 1.807) is 6.20 Å². The molecule has 0 N–H and O–H groups in total. The molecule has 0 aromatic carbocycles. The second-order valence-electron chi connectivity index (χ2n) is 5.72. The quantitative estimate of drug-likeness (QED) is 0.751. The fourth-order valence-electron chi connectivity index (χ4n) is 3.17. The van der Waals surface area contributed by atoms with E-state index < -0.39 is 5.60 Å². The number of aryl methyl sites for hydroxylation is 2. The summed E-state index contributed by atoms with van der Waals surface area (Å²) >= 11 is 0. The summed E-state index contributed by atoms with van der Waals surface area (Å²) in [6.45, 7) is 2.60. The summed E-state index contributed by atoms with van der Waals surface area (Å²) in [6.07, 6.45) is 11.4. The van der Waals surface area contributed by atoms with Gasteiger partial charge in [-0.2, -0.15) is 0 Å². The maximum atomic E-state index is 12.7. The highest BCUT2D eigenvalue weighted by molar-refractivity contribution is 5.87. The number of hydrogen-bond acceptors (Lipinski definition) is 3. The van der Waals surface area contributed by atoms with E-state index >= 15 is 0 Å². The zero-order chi connectivity index (χ0) is 14.4. The predicted molar refractivity (Wildman–Crippen MR) is 78.6 cm³/mol. The molecule has 112 valence electrons. The summed E-state index contributed by atoms with van der Waals surface area (Å²) in [5, 5.41) is 0. The van der Waals surface area contributed by atoms with Gasteiger partial charge in [-0.25, -0.2) is 4.98 Å². The molecule has 2 rings (SSSR count). The van der Waals surface area contributed by atoms with Crippen LogP contribution in [0.4, 0.5) is 0 Å². The summed E-state index contributed by atoms with van der Waals surface area (Å²) in [5.74, 6) is 1.24. The molecule has 1 heterocycles. The van der Waals surface area contributed by atoms with Gasteiger partial charge in [-0.05, 0) is 19.8 Å². The summed E-state index contributed by atoms with van der Waals surface area (Å²) < 4.78 is 7.92. The topological polar surface area (TPSA) is 44.1 Å². The Balaban J connectivity index is 2.01. The molecule has 1 aliphatic carbocycles. The highest BCUT2D eigenvalue weighted by Crippen LogP contribution is 2.32. The van der Waals surface area contributed by atoms with Crippen molar-refractivity contribution >= 4 is 5.78 Å². The van der Waals surface area contributed by atoms with Crippen molar-refractivity contribution in [1.82, 2.24) is 9.55 Å². The molecule has 0 aliphatic heterocycles. The van der Waals surface area contributed by atoms with Crippen LogP contribution in [0.25, 0.3) is 0 Å². The van der Waals surface area contributed by atoms with Gasteiger partial charge in [0.05, 0.1) is 0 Å². The molecule has 0 atom stereocenters. The normalized spacial score (nSPS) is 18.7. The first-order valence-electron chi connectivity index (χ1n) is 7.81. The molecule has 4 nitrogen and oxygen atoms in total. The van der Waals surface area contributed by atoms with Crippen molar-refractivity contribution in [2.75, 3.05) is 6.61 Å². The number of ether oxygens (including phenoxy) is 1. The zero-order valence-corrected chi connectivity index (χ0v) is 12.7. The van der Waals surface area contributed by atoms with Crippen LogP contribution in [0.5, 0.6) is 0 Å². The Bertz CT molecular complexity index is 431.